The number of piperidine rings is 1. The Kier molecular flexibility index (Phi) is 8.33. The average Bonchev–Trinajstić information content (AvgIpc) is 2.81. The second-order valence-corrected chi connectivity index (χ2v) is 10.8. The predicted molar refractivity (Wildman–Crippen MR) is 130 cm³/mol. The number of hydrogen-bond donors (Lipinski definition) is 1. The zero-order valence-electron chi connectivity index (χ0n) is 20.2. The standard InChI is InChI=1S/C25H33N3O5S/c1-18-9-10-22(15-19(18)2)34(31,32)27(3)17-24(29)26-21-11-13-28(14-12-21)25(30)16-20-7-5-6-8-23(20)33-4/h5-10,15,21H,11-14,16-17H2,1-4H3,(H,26,29). The first-order chi connectivity index (χ1) is 16.1. The van der Waals surface area contributed by atoms with Crippen LogP contribution in [0.1, 0.15) is 29.5 Å². The Morgan fingerprint density at radius 3 is 2.41 bits per heavy atom. The van der Waals surface area contributed by atoms with E-state index in [1.165, 1.54) is 7.05 Å². The molecule has 1 fully saturated rings. The van der Waals surface area contributed by atoms with Gasteiger partial charge in [-0.05, 0) is 56.0 Å². The highest BCUT2D eigenvalue weighted by molar-refractivity contribution is 7.89. The fourth-order valence-electron chi connectivity index (χ4n) is 4.01. The van der Waals surface area contributed by atoms with E-state index in [0.29, 0.717) is 31.7 Å². The van der Waals surface area contributed by atoms with Crippen LogP contribution < -0.4 is 10.1 Å². The first-order valence-electron chi connectivity index (χ1n) is 11.3. The second kappa shape index (κ2) is 11.0. The lowest BCUT2D eigenvalue weighted by molar-refractivity contribution is -0.131. The van der Waals surface area contributed by atoms with E-state index < -0.39 is 10.0 Å². The zero-order valence-corrected chi connectivity index (χ0v) is 21.0. The molecule has 2 amide bonds. The summed E-state index contributed by atoms with van der Waals surface area (Å²) in [5.41, 5.74) is 2.73. The molecule has 0 saturated carbocycles. The molecule has 0 bridgehead atoms. The van der Waals surface area contributed by atoms with Crippen LogP contribution >= 0.6 is 0 Å². The molecule has 34 heavy (non-hydrogen) atoms. The molecule has 2 aromatic rings. The fraction of sp³-hybridized carbons (Fsp3) is 0.440. The van der Waals surface area contributed by atoms with Gasteiger partial charge in [-0.15, -0.1) is 0 Å². The quantitative estimate of drug-likeness (QED) is 0.616. The Bertz CT molecular complexity index is 1140. The second-order valence-electron chi connectivity index (χ2n) is 8.72. The van der Waals surface area contributed by atoms with Crippen molar-refractivity contribution in [1.82, 2.24) is 14.5 Å². The summed E-state index contributed by atoms with van der Waals surface area (Å²) in [6.45, 7) is 4.59. The summed E-state index contributed by atoms with van der Waals surface area (Å²) in [6, 6.07) is 12.3. The molecule has 0 radical (unpaired) electrons. The Labute approximate surface area is 201 Å². The van der Waals surface area contributed by atoms with Gasteiger partial charge in [-0.2, -0.15) is 4.31 Å². The van der Waals surface area contributed by atoms with Crippen LogP contribution in [0, 0.1) is 13.8 Å². The molecule has 1 saturated heterocycles. The smallest absolute Gasteiger partial charge is 0.243 e. The van der Waals surface area contributed by atoms with E-state index in [-0.39, 0.29) is 35.7 Å². The number of hydrogen-bond acceptors (Lipinski definition) is 5. The Hall–Kier alpha value is -2.91. The SMILES string of the molecule is COc1ccccc1CC(=O)N1CCC(NC(=O)CN(C)S(=O)(=O)c2ccc(C)c(C)c2)CC1. The molecule has 0 atom stereocenters. The number of methoxy groups -OCH3 is 1. The molecule has 0 unspecified atom stereocenters. The topological polar surface area (TPSA) is 96.0 Å². The summed E-state index contributed by atoms with van der Waals surface area (Å²) in [7, 11) is -0.769. The lowest BCUT2D eigenvalue weighted by atomic mass is 10.0. The zero-order chi connectivity index (χ0) is 24.9. The summed E-state index contributed by atoms with van der Waals surface area (Å²) in [5, 5.41) is 2.92. The summed E-state index contributed by atoms with van der Waals surface area (Å²) >= 11 is 0. The van der Waals surface area contributed by atoms with Crippen LogP contribution in [0.4, 0.5) is 0 Å². The highest BCUT2D eigenvalue weighted by Gasteiger charge is 2.27. The number of aryl methyl sites for hydroxylation is 2. The van der Waals surface area contributed by atoms with Gasteiger partial charge in [0.1, 0.15) is 5.75 Å². The molecule has 1 aliphatic rings. The van der Waals surface area contributed by atoms with Gasteiger partial charge < -0.3 is 15.0 Å². The van der Waals surface area contributed by atoms with Crippen molar-refractivity contribution in [2.45, 2.75) is 44.0 Å². The van der Waals surface area contributed by atoms with E-state index in [1.54, 1.807) is 30.2 Å². The van der Waals surface area contributed by atoms with Gasteiger partial charge in [-0.3, -0.25) is 9.59 Å². The Morgan fingerprint density at radius 2 is 1.76 bits per heavy atom. The number of ether oxygens (including phenoxy) is 1. The molecule has 0 spiro atoms. The minimum absolute atomic E-state index is 0.0218. The minimum atomic E-state index is -3.76. The first-order valence-corrected chi connectivity index (χ1v) is 12.8. The van der Waals surface area contributed by atoms with E-state index in [1.807, 2.05) is 38.1 Å². The number of carbonyl (C=O) groups excluding carboxylic acids is 2. The molecule has 1 N–H and O–H groups in total. The first kappa shape index (κ1) is 25.7. The lowest BCUT2D eigenvalue weighted by Crippen LogP contribution is -2.49. The van der Waals surface area contributed by atoms with Gasteiger partial charge in [-0.1, -0.05) is 24.3 Å². The Morgan fingerprint density at radius 1 is 1.09 bits per heavy atom. The van der Waals surface area contributed by atoms with Crippen molar-refractivity contribution in [2.24, 2.45) is 0 Å². The van der Waals surface area contributed by atoms with Crippen LogP contribution in [0.15, 0.2) is 47.4 Å². The number of benzene rings is 2. The molecule has 1 heterocycles. The van der Waals surface area contributed by atoms with Gasteiger partial charge >= 0.3 is 0 Å². The number of likely N-dealkylation sites (N-methyl/N-ethyl adjacent to an activating group) is 1. The third-order valence-electron chi connectivity index (χ3n) is 6.30. The van der Waals surface area contributed by atoms with Gasteiger partial charge in [0.15, 0.2) is 0 Å². The van der Waals surface area contributed by atoms with Crippen molar-refractivity contribution in [1.29, 1.82) is 0 Å². The lowest BCUT2D eigenvalue weighted by Gasteiger charge is -2.33. The van der Waals surface area contributed by atoms with Crippen LogP contribution in [0.25, 0.3) is 0 Å². The molecule has 1 aliphatic heterocycles. The largest absolute Gasteiger partial charge is 0.496 e. The van der Waals surface area contributed by atoms with E-state index in [0.717, 1.165) is 21.0 Å². The van der Waals surface area contributed by atoms with Crippen LogP contribution in [0.5, 0.6) is 5.75 Å². The van der Waals surface area contributed by atoms with Crippen molar-refractivity contribution in [3.05, 3.63) is 59.2 Å². The fourth-order valence-corrected chi connectivity index (χ4v) is 5.22. The van der Waals surface area contributed by atoms with Crippen LogP contribution in [0.2, 0.25) is 0 Å². The molecule has 2 aromatic carbocycles. The van der Waals surface area contributed by atoms with Gasteiger partial charge in [0.2, 0.25) is 21.8 Å². The summed E-state index contributed by atoms with van der Waals surface area (Å²) < 4.78 is 32.1. The van der Waals surface area contributed by atoms with Crippen molar-refractivity contribution >= 4 is 21.8 Å². The van der Waals surface area contributed by atoms with Crippen LogP contribution in [-0.2, 0) is 26.0 Å². The Balaban J connectivity index is 1.49. The van der Waals surface area contributed by atoms with E-state index in [2.05, 4.69) is 5.32 Å². The normalized spacial score (nSPS) is 14.8. The third-order valence-corrected chi connectivity index (χ3v) is 8.10. The maximum Gasteiger partial charge on any atom is 0.243 e. The monoisotopic (exact) mass is 487 g/mol. The predicted octanol–water partition coefficient (Wildman–Crippen LogP) is 2.28. The minimum Gasteiger partial charge on any atom is -0.496 e. The molecule has 3 rings (SSSR count). The van der Waals surface area contributed by atoms with Gasteiger partial charge in [0.25, 0.3) is 0 Å². The number of para-hydroxylation sites is 1. The number of rotatable bonds is 8. The molecule has 0 aromatic heterocycles. The van der Waals surface area contributed by atoms with Crippen molar-refractivity contribution in [3.8, 4) is 5.75 Å². The van der Waals surface area contributed by atoms with Crippen molar-refractivity contribution < 1.29 is 22.7 Å². The van der Waals surface area contributed by atoms with Gasteiger partial charge in [0.05, 0.1) is 25.0 Å². The third kappa shape index (κ3) is 6.15. The van der Waals surface area contributed by atoms with Crippen molar-refractivity contribution in [3.63, 3.8) is 0 Å². The van der Waals surface area contributed by atoms with Crippen molar-refractivity contribution in [2.75, 3.05) is 33.8 Å². The maximum absolute atomic E-state index is 12.8. The number of nitrogens with one attached hydrogen (secondary N) is 1. The van der Waals surface area contributed by atoms with E-state index in [4.69, 9.17) is 4.74 Å². The molecule has 0 aliphatic carbocycles. The van der Waals surface area contributed by atoms with E-state index >= 15 is 0 Å². The van der Waals surface area contributed by atoms with Gasteiger partial charge in [0, 0.05) is 31.7 Å². The number of likely N-dealkylation sites (tertiary alicyclic amines) is 1. The molecule has 8 nitrogen and oxygen atoms in total. The molecule has 184 valence electrons. The van der Waals surface area contributed by atoms with Crippen LogP contribution in [0.3, 0.4) is 0 Å². The number of nitrogens with zero attached hydrogens (tertiary/aromatic N) is 2. The average molecular weight is 488 g/mol. The number of sulfonamides is 1. The number of amides is 2. The maximum atomic E-state index is 12.8. The summed E-state index contributed by atoms with van der Waals surface area (Å²) in [4.78, 5) is 27.2. The number of carbonyl (C=O) groups is 2. The van der Waals surface area contributed by atoms with Gasteiger partial charge in [-0.25, -0.2) is 8.42 Å². The van der Waals surface area contributed by atoms with E-state index in [9.17, 15) is 18.0 Å². The summed E-state index contributed by atoms with van der Waals surface area (Å²) in [5.74, 6) is 0.361. The summed E-state index contributed by atoms with van der Waals surface area (Å²) in [6.07, 6.45) is 1.51. The molecular formula is C25H33N3O5S. The van der Waals surface area contributed by atoms with Crippen LogP contribution in [-0.4, -0.2) is 69.3 Å². The highest BCUT2D eigenvalue weighted by atomic mass is 32.2. The molecule has 9 heteroatoms. The molecular weight excluding hydrogens is 454 g/mol. The highest BCUT2D eigenvalue weighted by Crippen LogP contribution is 2.20.